The maximum Gasteiger partial charge on any atom is 0.337 e. The van der Waals surface area contributed by atoms with Gasteiger partial charge in [0.25, 0.3) is 0 Å². The number of rotatable bonds is 6. The van der Waals surface area contributed by atoms with E-state index in [1.807, 2.05) is 13.0 Å². The molecule has 0 bridgehead atoms. The van der Waals surface area contributed by atoms with Crippen LogP contribution < -0.4 is 0 Å². The van der Waals surface area contributed by atoms with Crippen LogP contribution in [0.1, 0.15) is 66.7 Å². The molecule has 1 saturated heterocycles. The standard InChI is InChI=1S/C26H36O8/c1-15-7-10-22-25(5,12-11-23(34-18(4)29)26(22,6)14-32-16(2)27)20(15)9-8-19-21(33-17(3)28)13-31-24(19)30/h8,20-23H,1,7,9-14H2,2-6H3/b19-8+/t20-,21-,22+,23-,25+,26+/m1/s1. The Kier molecular flexibility index (Phi) is 7.58. The van der Waals surface area contributed by atoms with E-state index in [1.165, 1.54) is 20.8 Å². The van der Waals surface area contributed by atoms with Gasteiger partial charge in [-0.2, -0.15) is 0 Å². The summed E-state index contributed by atoms with van der Waals surface area (Å²) in [5.74, 6) is -1.49. The van der Waals surface area contributed by atoms with E-state index in [0.29, 0.717) is 18.4 Å². The van der Waals surface area contributed by atoms with Crippen molar-refractivity contribution in [2.45, 2.75) is 78.9 Å². The van der Waals surface area contributed by atoms with E-state index in [1.54, 1.807) is 0 Å². The molecule has 1 aliphatic heterocycles. The van der Waals surface area contributed by atoms with Gasteiger partial charge in [-0.15, -0.1) is 0 Å². The minimum absolute atomic E-state index is 0.0280. The zero-order valence-corrected chi connectivity index (χ0v) is 20.8. The third-order valence-electron chi connectivity index (χ3n) is 8.04. The number of cyclic esters (lactones) is 1. The second-order valence-electron chi connectivity index (χ2n) is 10.3. The number of hydrogen-bond acceptors (Lipinski definition) is 8. The third-order valence-corrected chi connectivity index (χ3v) is 8.04. The molecule has 8 nitrogen and oxygen atoms in total. The highest BCUT2D eigenvalue weighted by atomic mass is 16.6. The van der Waals surface area contributed by atoms with Gasteiger partial charge in [-0.25, -0.2) is 4.79 Å². The Balaban J connectivity index is 1.91. The van der Waals surface area contributed by atoms with Gasteiger partial charge < -0.3 is 18.9 Å². The average molecular weight is 477 g/mol. The van der Waals surface area contributed by atoms with Crippen molar-refractivity contribution in [2.75, 3.05) is 13.2 Å². The number of hydrogen-bond donors (Lipinski definition) is 0. The van der Waals surface area contributed by atoms with Crippen LogP contribution in [0.15, 0.2) is 23.8 Å². The topological polar surface area (TPSA) is 105 Å². The van der Waals surface area contributed by atoms with E-state index >= 15 is 0 Å². The van der Waals surface area contributed by atoms with Crippen LogP contribution in [-0.2, 0) is 38.1 Å². The second-order valence-corrected chi connectivity index (χ2v) is 10.3. The van der Waals surface area contributed by atoms with Crippen LogP contribution >= 0.6 is 0 Å². The van der Waals surface area contributed by atoms with Crippen molar-refractivity contribution < 1.29 is 38.1 Å². The van der Waals surface area contributed by atoms with Crippen molar-refractivity contribution in [1.82, 2.24) is 0 Å². The van der Waals surface area contributed by atoms with Gasteiger partial charge in [0.2, 0.25) is 0 Å². The molecule has 0 radical (unpaired) electrons. The zero-order chi connectivity index (χ0) is 25.3. The predicted molar refractivity (Wildman–Crippen MR) is 122 cm³/mol. The molecule has 8 heteroatoms. The molecule has 3 aliphatic rings. The van der Waals surface area contributed by atoms with Crippen LogP contribution in [0.5, 0.6) is 0 Å². The highest BCUT2D eigenvalue weighted by molar-refractivity contribution is 5.92. The van der Waals surface area contributed by atoms with Crippen LogP contribution in [0, 0.1) is 22.7 Å². The fourth-order valence-corrected chi connectivity index (χ4v) is 6.46. The first-order valence-corrected chi connectivity index (χ1v) is 11.9. The molecular weight excluding hydrogens is 440 g/mol. The van der Waals surface area contributed by atoms with E-state index in [0.717, 1.165) is 24.8 Å². The lowest BCUT2D eigenvalue weighted by Gasteiger charge is -2.60. The molecule has 3 fully saturated rings. The molecule has 188 valence electrons. The molecule has 2 aliphatic carbocycles. The molecule has 0 spiro atoms. The average Bonchev–Trinajstić information content (AvgIpc) is 3.07. The molecule has 34 heavy (non-hydrogen) atoms. The van der Waals surface area contributed by atoms with Gasteiger partial charge in [-0.3, -0.25) is 14.4 Å². The molecule has 3 rings (SSSR count). The Hall–Kier alpha value is -2.64. The van der Waals surface area contributed by atoms with Crippen molar-refractivity contribution in [3.05, 3.63) is 23.8 Å². The Bertz CT molecular complexity index is 904. The van der Waals surface area contributed by atoms with Gasteiger partial charge in [-0.1, -0.05) is 32.1 Å². The largest absolute Gasteiger partial charge is 0.465 e. The second kappa shape index (κ2) is 9.92. The van der Waals surface area contributed by atoms with E-state index in [4.69, 9.17) is 18.9 Å². The van der Waals surface area contributed by atoms with Crippen LogP contribution in [0.2, 0.25) is 0 Å². The lowest BCUT2D eigenvalue weighted by Crippen LogP contribution is -2.58. The van der Waals surface area contributed by atoms with Gasteiger partial charge in [0.05, 0.1) is 5.57 Å². The molecule has 0 amide bonds. The molecule has 2 saturated carbocycles. The minimum Gasteiger partial charge on any atom is -0.465 e. The lowest BCUT2D eigenvalue weighted by atomic mass is 9.46. The van der Waals surface area contributed by atoms with E-state index in [-0.39, 0.29) is 48.5 Å². The summed E-state index contributed by atoms with van der Waals surface area (Å²) in [4.78, 5) is 47.2. The molecule has 0 N–H and O–H groups in total. The Morgan fingerprint density at radius 2 is 1.76 bits per heavy atom. The predicted octanol–water partition coefficient (Wildman–Crippen LogP) is 3.68. The lowest BCUT2D eigenvalue weighted by molar-refractivity contribution is -0.191. The highest BCUT2D eigenvalue weighted by Crippen LogP contribution is 2.62. The summed E-state index contributed by atoms with van der Waals surface area (Å²) in [5.41, 5.74) is 0.706. The number of ether oxygens (including phenoxy) is 4. The van der Waals surface area contributed by atoms with Crippen LogP contribution in [-0.4, -0.2) is 49.3 Å². The maximum absolute atomic E-state index is 12.3. The van der Waals surface area contributed by atoms with Gasteiger partial charge in [0.15, 0.2) is 6.10 Å². The quantitative estimate of drug-likeness (QED) is 0.247. The van der Waals surface area contributed by atoms with Crippen molar-refractivity contribution in [3.8, 4) is 0 Å². The van der Waals surface area contributed by atoms with E-state index in [2.05, 4.69) is 13.5 Å². The number of esters is 4. The summed E-state index contributed by atoms with van der Waals surface area (Å²) < 4.78 is 21.6. The summed E-state index contributed by atoms with van der Waals surface area (Å²) in [7, 11) is 0. The highest BCUT2D eigenvalue weighted by Gasteiger charge is 2.59. The Labute approximate surface area is 201 Å². The molecule has 0 unspecified atom stereocenters. The normalized spacial score (nSPS) is 36.4. The van der Waals surface area contributed by atoms with Crippen LogP contribution in [0.4, 0.5) is 0 Å². The molecular formula is C26H36O8. The molecule has 0 aromatic rings. The SMILES string of the molecule is C=C1CC[C@@H]2[C@](C)(COC(C)=O)[C@H](OC(C)=O)CC[C@@]2(C)[C@@H]1C/C=C1/C(=O)OC[C@H]1OC(C)=O. The Morgan fingerprint density at radius 1 is 1.09 bits per heavy atom. The first-order chi connectivity index (χ1) is 15.9. The summed E-state index contributed by atoms with van der Waals surface area (Å²) >= 11 is 0. The first kappa shape index (κ1) is 26.0. The number of fused-ring (bicyclic) bond motifs is 1. The van der Waals surface area contributed by atoms with Gasteiger partial charge in [0, 0.05) is 26.2 Å². The maximum atomic E-state index is 12.3. The Morgan fingerprint density at radius 3 is 2.38 bits per heavy atom. The monoisotopic (exact) mass is 476 g/mol. The fraction of sp³-hybridized carbons (Fsp3) is 0.692. The van der Waals surface area contributed by atoms with Crippen LogP contribution in [0.25, 0.3) is 0 Å². The van der Waals surface area contributed by atoms with Gasteiger partial charge in [-0.05, 0) is 49.4 Å². The van der Waals surface area contributed by atoms with Crippen molar-refractivity contribution >= 4 is 23.9 Å². The summed E-state index contributed by atoms with van der Waals surface area (Å²) in [6.07, 6.45) is 4.40. The van der Waals surface area contributed by atoms with E-state index < -0.39 is 23.5 Å². The number of allylic oxidation sites excluding steroid dienone is 2. The van der Waals surface area contributed by atoms with Gasteiger partial charge >= 0.3 is 23.9 Å². The summed E-state index contributed by atoms with van der Waals surface area (Å²) in [6.45, 7) is 12.9. The molecule has 0 aromatic heterocycles. The summed E-state index contributed by atoms with van der Waals surface area (Å²) in [5, 5.41) is 0. The van der Waals surface area contributed by atoms with Crippen molar-refractivity contribution in [1.29, 1.82) is 0 Å². The van der Waals surface area contributed by atoms with Gasteiger partial charge in [0.1, 0.15) is 19.3 Å². The van der Waals surface area contributed by atoms with Crippen molar-refractivity contribution in [2.24, 2.45) is 22.7 Å². The third kappa shape index (κ3) is 5.05. The fourth-order valence-electron chi connectivity index (χ4n) is 6.46. The first-order valence-electron chi connectivity index (χ1n) is 11.9. The molecule has 1 heterocycles. The summed E-state index contributed by atoms with van der Waals surface area (Å²) in [6, 6.07) is 0. The number of carbonyl (C=O) groups excluding carboxylic acids is 4. The smallest absolute Gasteiger partial charge is 0.337 e. The van der Waals surface area contributed by atoms with Crippen molar-refractivity contribution in [3.63, 3.8) is 0 Å². The number of carbonyl (C=O) groups is 4. The molecule has 6 atom stereocenters. The zero-order valence-electron chi connectivity index (χ0n) is 20.8. The minimum atomic E-state index is -0.695. The molecule has 0 aromatic carbocycles. The van der Waals surface area contributed by atoms with Crippen LogP contribution in [0.3, 0.4) is 0 Å². The van der Waals surface area contributed by atoms with E-state index in [9.17, 15) is 19.2 Å².